The first-order valence-corrected chi connectivity index (χ1v) is 8.97. The highest BCUT2D eigenvalue weighted by Crippen LogP contribution is 2.34. The fourth-order valence-corrected chi connectivity index (χ4v) is 3.40. The Hall–Kier alpha value is -2.73. The molecule has 1 aromatic heterocycles. The van der Waals surface area contributed by atoms with Crippen LogP contribution in [-0.2, 0) is 4.79 Å². The van der Waals surface area contributed by atoms with Crippen molar-refractivity contribution in [3.8, 4) is 11.4 Å². The molecular weight excluding hydrogens is 369 g/mol. The molecule has 138 valence electrons. The lowest BCUT2D eigenvalue weighted by Crippen LogP contribution is -2.25. The first kappa shape index (κ1) is 17.7. The van der Waals surface area contributed by atoms with E-state index in [1.165, 1.54) is 12.1 Å². The Kier molecular flexibility index (Phi) is 4.44. The maximum atomic E-state index is 13.7. The second-order valence-corrected chi connectivity index (χ2v) is 7.12. The highest BCUT2D eigenvalue weighted by molar-refractivity contribution is 6.30. The smallest absolute Gasteiger partial charge is 0.232 e. The molecule has 3 aromatic rings. The number of amides is 1. The highest BCUT2D eigenvalue weighted by atomic mass is 35.5. The zero-order valence-corrected chi connectivity index (χ0v) is 15.6. The van der Waals surface area contributed by atoms with Gasteiger partial charge >= 0.3 is 0 Å². The number of anilines is 1. The molecule has 4 rings (SSSR count). The Morgan fingerprint density at radius 1 is 1.26 bits per heavy atom. The number of aromatic nitrogens is 2. The number of hydrogen-bond donors (Lipinski definition) is 0. The van der Waals surface area contributed by atoms with Crippen LogP contribution >= 0.6 is 11.6 Å². The van der Waals surface area contributed by atoms with Gasteiger partial charge in [-0.2, -0.15) is 4.98 Å². The Bertz CT molecular complexity index is 1030. The third kappa shape index (κ3) is 3.21. The minimum atomic E-state index is -0.544. The van der Waals surface area contributed by atoms with Crippen molar-refractivity contribution in [1.82, 2.24) is 10.1 Å². The summed E-state index contributed by atoms with van der Waals surface area (Å²) in [5.41, 5.74) is 3.59. The van der Waals surface area contributed by atoms with E-state index < -0.39 is 5.82 Å². The van der Waals surface area contributed by atoms with Gasteiger partial charge in [0.05, 0.1) is 10.9 Å². The van der Waals surface area contributed by atoms with Crippen LogP contribution in [-0.4, -0.2) is 22.6 Å². The third-order valence-electron chi connectivity index (χ3n) is 4.96. The zero-order chi connectivity index (χ0) is 19.1. The molecule has 1 amide bonds. The average molecular weight is 386 g/mol. The van der Waals surface area contributed by atoms with Crippen LogP contribution in [0.25, 0.3) is 11.4 Å². The van der Waals surface area contributed by atoms with E-state index in [0.29, 0.717) is 24.4 Å². The van der Waals surface area contributed by atoms with Crippen LogP contribution in [0, 0.1) is 19.7 Å². The van der Waals surface area contributed by atoms with Gasteiger partial charge in [-0.05, 0) is 49.2 Å². The summed E-state index contributed by atoms with van der Waals surface area (Å²) in [6, 6.07) is 10.2. The number of carbonyl (C=O) groups excluding carboxylic acids is 1. The van der Waals surface area contributed by atoms with Crippen molar-refractivity contribution in [2.75, 3.05) is 11.4 Å². The minimum absolute atomic E-state index is 0.0194. The van der Waals surface area contributed by atoms with Crippen LogP contribution in [0.2, 0.25) is 5.02 Å². The van der Waals surface area contributed by atoms with Crippen LogP contribution in [0.4, 0.5) is 10.1 Å². The molecule has 1 fully saturated rings. The Morgan fingerprint density at radius 3 is 2.85 bits per heavy atom. The van der Waals surface area contributed by atoms with Gasteiger partial charge in [0.2, 0.25) is 17.6 Å². The van der Waals surface area contributed by atoms with Crippen molar-refractivity contribution in [2.24, 2.45) is 0 Å². The van der Waals surface area contributed by atoms with Gasteiger partial charge in [-0.15, -0.1) is 0 Å². The molecule has 0 saturated carbocycles. The second kappa shape index (κ2) is 6.78. The molecule has 0 radical (unpaired) electrons. The number of rotatable bonds is 3. The highest BCUT2D eigenvalue weighted by Gasteiger charge is 2.35. The summed E-state index contributed by atoms with van der Waals surface area (Å²) in [6.45, 7) is 4.50. The van der Waals surface area contributed by atoms with E-state index in [9.17, 15) is 9.18 Å². The summed E-state index contributed by atoms with van der Waals surface area (Å²) < 4.78 is 19.0. The summed E-state index contributed by atoms with van der Waals surface area (Å²) in [5, 5.41) is 3.97. The summed E-state index contributed by atoms with van der Waals surface area (Å²) in [7, 11) is 0. The van der Waals surface area contributed by atoms with Gasteiger partial charge < -0.3 is 9.42 Å². The van der Waals surface area contributed by atoms with Crippen molar-refractivity contribution in [2.45, 2.75) is 26.2 Å². The first-order chi connectivity index (χ1) is 12.9. The molecule has 0 spiro atoms. The van der Waals surface area contributed by atoms with Crippen LogP contribution in [0.3, 0.4) is 0 Å². The molecule has 0 N–H and O–H groups in total. The number of carbonyl (C=O) groups is 1. The molecule has 7 heteroatoms. The van der Waals surface area contributed by atoms with E-state index in [0.717, 1.165) is 16.8 Å². The number of nitrogens with zero attached hydrogens (tertiary/aromatic N) is 3. The molecule has 2 aromatic carbocycles. The Morgan fingerprint density at radius 2 is 2.07 bits per heavy atom. The summed E-state index contributed by atoms with van der Waals surface area (Å²) >= 11 is 5.71. The van der Waals surface area contributed by atoms with Crippen LogP contribution in [0.1, 0.15) is 29.4 Å². The SMILES string of the molecule is Cc1cccc(N2CC(c3nc(-c4ccc(Cl)c(F)c4)no3)CC2=O)c1C. The molecule has 0 bridgehead atoms. The van der Waals surface area contributed by atoms with Crippen LogP contribution in [0.15, 0.2) is 40.9 Å². The molecule has 1 aliphatic rings. The maximum Gasteiger partial charge on any atom is 0.232 e. The Labute approximate surface area is 160 Å². The molecule has 27 heavy (non-hydrogen) atoms. The molecule has 2 heterocycles. The number of hydrogen-bond acceptors (Lipinski definition) is 4. The van der Waals surface area contributed by atoms with E-state index in [1.807, 2.05) is 32.0 Å². The number of halogens is 2. The van der Waals surface area contributed by atoms with Gasteiger partial charge in [0, 0.05) is 24.2 Å². The molecule has 0 aliphatic carbocycles. The van der Waals surface area contributed by atoms with Gasteiger partial charge in [0.25, 0.3) is 0 Å². The minimum Gasteiger partial charge on any atom is -0.339 e. The predicted octanol–water partition coefficient (Wildman–Crippen LogP) is 4.67. The first-order valence-electron chi connectivity index (χ1n) is 8.59. The van der Waals surface area contributed by atoms with Crippen molar-refractivity contribution in [1.29, 1.82) is 0 Å². The molecule has 1 unspecified atom stereocenters. The van der Waals surface area contributed by atoms with Gasteiger partial charge in [0.1, 0.15) is 5.82 Å². The lowest BCUT2D eigenvalue weighted by atomic mass is 10.1. The molecule has 5 nitrogen and oxygen atoms in total. The monoisotopic (exact) mass is 385 g/mol. The Balaban J connectivity index is 1.59. The molecular formula is C20H17ClFN3O2. The van der Waals surface area contributed by atoms with Crippen molar-refractivity contribution in [3.05, 3.63) is 64.3 Å². The van der Waals surface area contributed by atoms with Gasteiger partial charge in [-0.25, -0.2) is 4.39 Å². The normalized spacial score (nSPS) is 17.0. The van der Waals surface area contributed by atoms with Gasteiger partial charge in [-0.1, -0.05) is 28.9 Å². The topological polar surface area (TPSA) is 59.2 Å². The lowest BCUT2D eigenvalue weighted by Gasteiger charge is -2.19. The van der Waals surface area contributed by atoms with Gasteiger partial charge in [0.15, 0.2) is 0 Å². The fourth-order valence-electron chi connectivity index (χ4n) is 3.29. The molecule has 1 atom stereocenters. The molecule has 1 aliphatic heterocycles. The number of aryl methyl sites for hydroxylation is 1. The standard InChI is InChI=1S/C20H17ClFN3O2/c1-11-4-3-5-17(12(11)2)25-10-14(9-18(25)26)20-23-19(24-27-20)13-6-7-15(21)16(22)8-13/h3-8,14H,9-10H2,1-2H3. The third-order valence-corrected chi connectivity index (χ3v) is 5.27. The maximum absolute atomic E-state index is 13.7. The largest absolute Gasteiger partial charge is 0.339 e. The van der Waals surface area contributed by atoms with E-state index in [-0.39, 0.29) is 22.7 Å². The van der Waals surface area contributed by atoms with Gasteiger partial charge in [-0.3, -0.25) is 4.79 Å². The summed E-state index contributed by atoms with van der Waals surface area (Å²) in [4.78, 5) is 18.7. The lowest BCUT2D eigenvalue weighted by molar-refractivity contribution is -0.117. The average Bonchev–Trinajstić information content (AvgIpc) is 3.27. The number of benzene rings is 2. The van der Waals surface area contributed by atoms with Crippen LogP contribution in [0.5, 0.6) is 0 Å². The van der Waals surface area contributed by atoms with E-state index >= 15 is 0 Å². The summed E-state index contributed by atoms with van der Waals surface area (Å²) in [6.07, 6.45) is 0.296. The zero-order valence-electron chi connectivity index (χ0n) is 14.9. The van der Waals surface area contributed by atoms with E-state index in [4.69, 9.17) is 16.1 Å². The quantitative estimate of drug-likeness (QED) is 0.657. The van der Waals surface area contributed by atoms with Crippen molar-refractivity contribution < 1.29 is 13.7 Å². The van der Waals surface area contributed by atoms with E-state index in [2.05, 4.69) is 10.1 Å². The predicted molar refractivity (Wildman–Crippen MR) is 100 cm³/mol. The van der Waals surface area contributed by atoms with Crippen LogP contribution < -0.4 is 4.90 Å². The van der Waals surface area contributed by atoms with Crippen molar-refractivity contribution in [3.63, 3.8) is 0 Å². The fraction of sp³-hybridized carbons (Fsp3) is 0.250. The second-order valence-electron chi connectivity index (χ2n) is 6.71. The summed E-state index contributed by atoms with van der Waals surface area (Å²) in [5.74, 6) is -0.0702. The molecule has 1 saturated heterocycles. The van der Waals surface area contributed by atoms with E-state index in [1.54, 1.807) is 11.0 Å². The van der Waals surface area contributed by atoms with Crippen molar-refractivity contribution >= 4 is 23.2 Å².